The molecule has 0 saturated heterocycles. The highest BCUT2D eigenvalue weighted by Crippen LogP contribution is 2.28. The van der Waals surface area contributed by atoms with Gasteiger partial charge < -0.3 is 4.74 Å². The van der Waals surface area contributed by atoms with Crippen LogP contribution >= 0.6 is 34.5 Å². The van der Waals surface area contributed by atoms with Crippen LogP contribution in [0.5, 0.6) is 5.75 Å². The van der Waals surface area contributed by atoms with Crippen LogP contribution in [-0.2, 0) is 4.79 Å². The van der Waals surface area contributed by atoms with Gasteiger partial charge in [-0.25, -0.2) is 4.98 Å². The van der Waals surface area contributed by atoms with E-state index in [0.717, 1.165) is 5.69 Å². The second-order valence-electron chi connectivity index (χ2n) is 4.12. The molecule has 1 heterocycles. The summed E-state index contributed by atoms with van der Waals surface area (Å²) < 4.78 is 5.52. The maximum atomic E-state index is 12.0. The summed E-state index contributed by atoms with van der Waals surface area (Å²) in [5.41, 5.74) is 0.861. The largest absolute Gasteiger partial charge is 0.479 e. The van der Waals surface area contributed by atoms with Gasteiger partial charge in [0.1, 0.15) is 5.75 Å². The van der Waals surface area contributed by atoms with Crippen molar-refractivity contribution in [3.05, 3.63) is 39.3 Å². The third-order valence-corrected chi connectivity index (χ3v) is 3.82. The van der Waals surface area contributed by atoms with Gasteiger partial charge in [0.15, 0.2) is 11.2 Å². The topological polar surface area (TPSA) is 51.2 Å². The Morgan fingerprint density at radius 2 is 2.20 bits per heavy atom. The van der Waals surface area contributed by atoms with Gasteiger partial charge in [0, 0.05) is 10.4 Å². The first-order valence-electron chi connectivity index (χ1n) is 5.80. The Hall–Kier alpha value is -1.30. The van der Waals surface area contributed by atoms with E-state index in [0.29, 0.717) is 20.9 Å². The third-order valence-electron chi connectivity index (χ3n) is 2.42. The lowest BCUT2D eigenvalue weighted by Gasteiger charge is -2.14. The SMILES string of the molecule is Cc1csc(NC(=O)[C@@H](C)Oc2ccc(Cl)cc2Cl)n1. The number of nitrogens with one attached hydrogen (secondary N) is 1. The van der Waals surface area contributed by atoms with E-state index in [2.05, 4.69) is 10.3 Å². The maximum absolute atomic E-state index is 12.0. The number of aryl methyl sites for hydroxylation is 1. The summed E-state index contributed by atoms with van der Waals surface area (Å²) in [6, 6.07) is 4.84. The molecule has 0 aliphatic heterocycles. The summed E-state index contributed by atoms with van der Waals surface area (Å²) in [6.45, 7) is 3.50. The van der Waals surface area contributed by atoms with Crippen LogP contribution in [0, 0.1) is 6.92 Å². The molecule has 106 valence electrons. The van der Waals surface area contributed by atoms with Gasteiger partial charge in [0.2, 0.25) is 0 Å². The predicted molar refractivity (Wildman–Crippen MR) is 82.0 cm³/mol. The number of hydrogen-bond acceptors (Lipinski definition) is 4. The van der Waals surface area contributed by atoms with E-state index in [-0.39, 0.29) is 5.91 Å². The van der Waals surface area contributed by atoms with E-state index >= 15 is 0 Å². The maximum Gasteiger partial charge on any atom is 0.266 e. The fourth-order valence-corrected chi connectivity index (χ4v) is 2.58. The summed E-state index contributed by atoms with van der Waals surface area (Å²) in [7, 11) is 0. The van der Waals surface area contributed by atoms with Gasteiger partial charge >= 0.3 is 0 Å². The Morgan fingerprint density at radius 3 is 2.80 bits per heavy atom. The fourth-order valence-electron chi connectivity index (χ4n) is 1.43. The van der Waals surface area contributed by atoms with Crippen LogP contribution < -0.4 is 10.1 Å². The highest BCUT2D eigenvalue weighted by molar-refractivity contribution is 7.13. The van der Waals surface area contributed by atoms with Crippen molar-refractivity contribution in [1.82, 2.24) is 4.98 Å². The van der Waals surface area contributed by atoms with Crippen molar-refractivity contribution in [3.63, 3.8) is 0 Å². The van der Waals surface area contributed by atoms with Crippen molar-refractivity contribution < 1.29 is 9.53 Å². The van der Waals surface area contributed by atoms with Crippen LogP contribution in [0.3, 0.4) is 0 Å². The van der Waals surface area contributed by atoms with Crippen molar-refractivity contribution in [2.75, 3.05) is 5.32 Å². The van der Waals surface area contributed by atoms with Gasteiger partial charge in [-0.1, -0.05) is 23.2 Å². The number of benzene rings is 1. The molecule has 1 N–H and O–H groups in total. The molecule has 4 nitrogen and oxygen atoms in total. The molecule has 1 aromatic carbocycles. The first-order chi connectivity index (χ1) is 9.45. The molecule has 1 aromatic heterocycles. The van der Waals surface area contributed by atoms with Crippen molar-refractivity contribution in [2.24, 2.45) is 0 Å². The number of amides is 1. The summed E-state index contributed by atoms with van der Waals surface area (Å²) in [6.07, 6.45) is -0.696. The minimum absolute atomic E-state index is 0.287. The van der Waals surface area contributed by atoms with Crippen molar-refractivity contribution in [2.45, 2.75) is 20.0 Å². The molecule has 1 atom stereocenters. The van der Waals surface area contributed by atoms with E-state index in [1.807, 2.05) is 12.3 Å². The van der Waals surface area contributed by atoms with Crippen molar-refractivity contribution >= 4 is 45.6 Å². The number of aromatic nitrogens is 1. The number of carbonyl (C=O) groups excluding carboxylic acids is 1. The number of rotatable bonds is 4. The minimum Gasteiger partial charge on any atom is -0.479 e. The second-order valence-corrected chi connectivity index (χ2v) is 5.82. The first kappa shape index (κ1) is 15.1. The van der Waals surface area contributed by atoms with Gasteiger partial charge in [-0.2, -0.15) is 0 Å². The Kier molecular flexibility index (Phi) is 4.86. The number of hydrogen-bond donors (Lipinski definition) is 1. The molecular formula is C13H12Cl2N2O2S. The van der Waals surface area contributed by atoms with E-state index < -0.39 is 6.10 Å². The lowest BCUT2D eigenvalue weighted by Crippen LogP contribution is -2.30. The summed E-state index contributed by atoms with van der Waals surface area (Å²) in [5.74, 6) is 0.124. The molecule has 0 radical (unpaired) electrons. The molecular weight excluding hydrogens is 319 g/mol. The average molecular weight is 331 g/mol. The predicted octanol–water partition coefficient (Wildman–Crippen LogP) is 4.16. The molecule has 0 spiro atoms. The Bertz CT molecular complexity index is 631. The molecule has 2 aromatic rings. The first-order valence-corrected chi connectivity index (χ1v) is 7.44. The molecule has 0 bridgehead atoms. The normalized spacial score (nSPS) is 12.0. The highest BCUT2D eigenvalue weighted by Gasteiger charge is 2.17. The number of carbonyl (C=O) groups is 1. The molecule has 2 rings (SSSR count). The van der Waals surface area contributed by atoms with E-state index in [4.69, 9.17) is 27.9 Å². The zero-order valence-electron chi connectivity index (χ0n) is 10.8. The van der Waals surface area contributed by atoms with Crippen molar-refractivity contribution in [1.29, 1.82) is 0 Å². The third kappa shape index (κ3) is 3.85. The summed E-state index contributed by atoms with van der Waals surface area (Å²) >= 11 is 13.2. The monoisotopic (exact) mass is 330 g/mol. The molecule has 0 unspecified atom stereocenters. The lowest BCUT2D eigenvalue weighted by molar-refractivity contribution is -0.122. The molecule has 0 fully saturated rings. The zero-order valence-corrected chi connectivity index (χ0v) is 13.1. The molecule has 0 aliphatic rings. The van der Waals surface area contributed by atoms with Crippen LogP contribution in [-0.4, -0.2) is 17.0 Å². The van der Waals surface area contributed by atoms with Crippen molar-refractivity contribution in [3.8, 4) is 5.75 Å². The molecule has 0 saturated carbocycles. The summed E-state index contributed by atoms with van der Waals surface area (Å²) in [4.78, 5) is 16.1. The highest BCUT2D eigenvalue weighted by atomic mass is 35.5. The van der Waals surface area contributed by atoms with Crippen LogP contribution in [0.25, 0.3) is 0 Å². The lowest BCUT2D eigenvalue weighted by atomic mass is 10.3. The number of halogens is 2. The number of ether oxygens (including phenoxy) is 1. The van der Waals surface area contributed by atoms with Crippen LogP contribution in [0.15, 0.2) is 23.6 Å². The van der Waals surface area contributed by atoms with Crippen LogP contribution in [0.1, 0.15) is 12.6 Å². The minimum atomic E-state index is -0.696. The van der Waals surface area contributed by atoms with Gasteiger partial charge in [0.25, 0.3) is 5.91 Å². The molecule has 0 aliphatic carbocycles. The van der Waals surface area contributed by atoms with Crippen LogP contribution in [0.4, 0.5) is 5.13 Å². The van der Waals surface area contributed by atoms with E-state index in [1.165, 1.54) is 11.3 Å². The van der Waals surface area contributed by atoms with Gasteiger partial charge in [0.05, 0.1) is 10.7 Å². The quantitative estimate of drug-likeness (QED) is 0.915. The van der Waals surface area contributed by atoms with Gasteiger partial charge in [-0.15, -0.1) is 11.3 Å². The molecule has 7 heteroatoms. The van der Waals surface area contributed by atoms with Crippen LogP contribution in [0.2, 0.25) is 10.0 Å². The Morgan fingerprint density at radius 1 is 1.45 bits per heavy atom. The van der Waals surface area contributed by atoms with Gasteiger partial charge in [-0.3, -0.25) is 10.1 Å². The number of nitrogens with zero attached hydrogens (tertiary/aromatic N) is 1. The molecule has 1 amide bonds. The van der Waals surface area contributed by atoms with Gasteiger partial charge in [-0.05, 0) is 32.0 Å². The second kappa shape index (κ2) is 6.43. The van der Waals surface area contributed by atoms with E-state index in [9.17, 15) is 4.79 Å². The number of anilines is 1. The average Bonchev–Trinajstić information content (AvgIpc) is 2.78. The number of thiazole rings is 1. The Balaban J connectivity index is 2.00. The standard InChI is InChI=1S/C13H12Cl2N2O2S/c1-7-6-20-13(16-7)17-12(18)8(2)19-11-4-3-9(14)5-10(11)15/h3-6,8H,1-2H3,(H,16,17,18)/t8-/m1/s1. The fraction of sp³-hybridized carbons (Fsp3) is 0.231. The summed E-state index contributed by atoms with van der Waals surface area (Å²) in [5, 5.41) is 5.97. The Labute approximate surface area is 130 Å². The van der Waals surface area contributed by atoms with E-state index in [1.54, 1.807) is 25.1 Å². The zero-order chi connectivity index (χ0) is 14.7. The molecule has 20 heavy (non-hydrogen) atoms. The smallest absolute Gasteiger partial charge is 0.266 e.